The van der Waals surface area contributed by atoms with Crippen LogP contribution in [-0.2, 0) is 15.0 Å². The number of rotatable bonds is 3. The van der Waals surface area contributed by atoms with Crippen LogP contribution in [0.1, 0.15) is 0 Å². The number of carbonyl (C=O) groups excluding carboxylic acids is 1. The first-order valence-electron chi connectivity index (χ1n) is 3.84. The monoisotopic (exact) mass is 270 g/mol. The molecule has 88 valence electrons. The Morgan fingerprint density at radius 1 is 1.19 bits per heavy atom. The molecule has 8 heteroatoms. The van der Waals surface area contributed by atoms with Crippen molar-refractivity contribution in [1.82, 2.24) is 0 Å². The average molecular weight is 270 g/mol. The topological polar surface area (TPSA) is 51.2 Å². The van der Waals surface area contributed by atoms with Crippen molar-refractivity contribution >= 4 is 27.1 Å². The second-order valence-corrected chi connectivity index (χ2v) is 5.09. The SMILES string of the molecule is O=C(Sc1ccccc1)C(F)(F)S(=O)(=O)F. The van der Waals surface area contributed by atoms with Crippen molar-refractivity contribution in [3.8, 4) is 0 Å². The Kier molecular flexibility index (Phi) is 3.64. The first kappa shape index (κ1) is 13.0. The van der Waals surface area contributed by atoms with E-state index in [-0.39, 0.29) is 16.7 Å². The summed E-state index contributed by atoms with van der Waals surface area (Å²) >= 11 is -0.0307. The minimum absolute atomic E-state index is 0.0307. The molecule has 16 heavy (non-hydrogen) atoms. The lowest BCUT2D eigenvalue weighted by molar-refractivity contribution is -0.124. The van der Waals surface area contributed by atoms with E-state index in [1.54, 1.807) is 6.07 Å². The van der Waals surface area contributed by atoms with Crippen LogP contribution in [0.4, 0.5) is 12.7 Å². The van der Waals surface area contributed by atoms with Gasteiger partial charge >= 0.3 is 15.5 Å². The van der Waals surface area contributed by atoms with E-state index in [0.717, 1.165) is 0 Å². The summed E-state index contributed by atoms with van der Waals surface area (Å²) < 4.78 is 57.5. The van der Waals surface area contributed by atoms with Crippen LogP contribution >= 0.6 is 11.8 Å². The van der Waals surface area contributed by atoms with Crippen LogP contribution in [0.3, 0.4) is 0 Å². The second kappa shape index (κ2) is 4.46. The zero-order valence-electron chi connectivity index (χ0n) is 7.56. The smallest absolute Gasteiger partial charge is 0.279 e. The number of hydrogen-bond donors (Lipinski definition) is 0. The summed E-state index contributed by atoms with van der Waals surface area (Å²) in [5.74, 6) is 0. The van der Waals surface area contributed by atoms with Crippen LogP contribution in [-0.4, -0.2) is 18.8 Å². The van der Waals surface area contributed by atoms with E-state index in [1.807, 2.05) is 0 Å². The summed E-state index contributed by atoms with van der Waals surface area (Å²) in [6, 6.07) is 7.17. The molecule has 0 heterocycles. The van der Waals surface area contributed by atoms with Crippen LogP contribution in [0, 0.1) is 0 Å². The van der Waals surface area contributed by atoms with Crippen molar-refractivity contribution < 1.29 is 25.9 Å². The molecule has 0 atom stereocenters. The van der Waals surface area contributed by atoms with Crippen LogP contribution in [0.5, 0.6) is 0 Å². The third kappa shape index (κ3) is 2.76. The van der Waals surface area contributed by atoms with E-state index in [1.165, 1.54) is 24.3 Å². The number of hydrogen-bond acceptors (Lipinski definition) is 4. The minimum Gasteiger partial charge on any atom is -0.279 e. The van der Waals surface area contributed by atoms with Crippen molar-refractivity contribution in [2.24, 2.45) is 0 Å². The molecule has 0 saturated carbocycles. The average Bonchev–Trinajstić information content (AvgIpc) is 2.17. The van der Waals surface area contributed by atoms with E-state index >= 15 is 0 Å². The van der Waals surface area contributed by atoms with Crippen molar-refractivity contribution in [3.63, 3.8) is 0 Å². The molecule has 1 aromatic carbocycles. The van der Waals surface area contributed by atoms with Gasteiger partial charge in [-0.1, -0.05) is 22.1 Å². The fraction of sp³-hybridized carbons (Fsp3) is 0.125. The Bertz CT molecular complexity index is 485. The fourth-order valence-corrected chi connectivity index (χ4v) is 2.00. The van der Waals surface area contributed by atoms with Gasteiger partial charge in [-0.25, -0.2) is 0 Å². The Morgan fingerprint density at radius 3 is 2.12 bits per heavy atom. The van der Waals surface area contributed by atoms with Gasteiger partial charge in [0.1, 0.15) is 0 Å². The number of carbonyl (C=O) groups is 1. The molecule has 0 spiro atoms. The molecule has 0 aliphatic carbocycles. The van der Waals surface area contributed by atoms with E-state index in [9.17, 15) is 25.9 Å². The lowest BCUT2D eigenvalue weighted by atomic mass is 10.4. The standard InChI is InChI=1S/C8H5F3O3S2/c9-8(10,16(11,13)14)7(12)15-6-4-2-1-3-5-6/h1-5H. The highest BCUT2D eigenvalue weighted by atomic mass is 32.3. The lowest BCUT2D eigenvalue weighted by Gasteiger charge is -2.08. The summed E-state index contributed by atoms with van der Waals surface area (Å²) in [6.07, 6.45) is 0. The molecule has 1 aromatic rings. The van der Waals surface area contributed by atoms with Crippen molar-refractivity contribution in [2.45, 2.75) is 10.2 Å². The normalized spacial score (nSPS) is 12.4. The van der Waals surface area contributed by atoms with Gasteiger partial charge in [-0.05, 0) is 23.9 Å². The minimum atomic E-state index is -6.23. The van der Waals surface area contributed by atoms with Gasteiger partial charge in [-0.15, -0.1) is 0 Å². The van der Waals surface area contributed by atoms with Crippen LogP contribution < -0.4 is 0 Å². The predicted octanol–water partition coefficient (Wildman–Crippen LogP) is 2.20. The molecule has 0 saturated heterocycles. The highest BCUT2D eigenvalue weighted by Gasteiger charge is 2.53. The van der Waals surface area contributed by atoms with E-state index in [4.69, 9.17) is 0 Å². The summed E-state index contributed by atoms with van der Waals surface area (Å²) in [4.78, 5) is 11.0. The highest BCUT2D eigenvalue weighted by molar-refractivity contribution is 8.15. The Labute approximate surface area is 93.9 Å². The molecule has 0 aromatic heterocycles. The summed E-state index contributed by atoms with van der Waals surface area (Å²) in [7, 11) is -6.23. The van der Waals surface area contributed by atoms with Crippen molar-refractivity contribution in [3.05, 3.63) is 30.3 Å². The molecule has 0 bridgehead atoms. The maximum absolute atomic E-state index is 12.7. The maximum Gasteiger partial charge on any atom is 0.441 e. The third-order valence-corrected chi connectivity index (χ3v) is 3.37. The molecular formula is C8H5F3O3S2. The molecule has 0 aliphatic rings. The summed E-state index contributed by atoms with van der Waals surface area (Å²) in [6.45, 7) is 0. The zero-order valence-corrected chi connectivity index (χ0v) is 9.19. The molecule has 0 aliphatic heterocycles. The van der Waals surface area contributed by atoms with E-state index < -0.39 is 20.6 Å². The molecule has 0 fully saturated rings. The van der Waals surface area contributed by atoms with Crippen molar-refractivity contribution in [1.29, 1.82) is 0 Å². The number of halogens is 3. The Hall–Kier alpha value is -1.02. The molecular weight excluding hydrogens is 265 g/mol. The van der Waals surface area contributed by atoms with Gasteiger partial charge in [0.25, 0.3) is 5.12 Å². The fourth-order valence-electron chi connectivity index (χ4n) is 0.755. The molecule has 0 unspecified atom stereocenters. The van der Waals surface area contributed by atoms with Crippen LogP contribution in [0.2, 0.25) is 0 Å². The quantitative estimate of drug-likeness (QED) is 0.624. The largest absolute Gasteiger partial charge is 0.441 e. The molecule has 0 N–H and O–H groups in total. The lowest BCUT2D eigenvalue weighted by Crippen LogP contribution is -2.33. The van der Waals surface area contributed by atoms with Crippen LogP contribution in [0.15, 0.2) is 35.2 Å². The molecule has 3 nitrogen and oxygen atoms in total. The highest BCUT2D eigenvalue weighted by Crippen LogP contribution is 2.32. The van der Waals surface area contributed by atoms with Gasteiger partial charge < -0.3 is 0 Å². The van der Waals surface area contributed by atoms with Crippen molar-refractivity contribution in [2.75, 3.05) is 0 Å². The van der Waals surface area contributed by atoms with Gasteiger partial charge in [0.2, 0.25) is 0 Å². The maximum atomic E-state index is 12.7. The van der Waals surface area contributed by atoms with E-state index in [0.29, 0.717) is 0 Å². The van der Waals surface area contributed by atoms with Crippen LogP contribution in [0.25, 0.3) is 0 Å². The number of thioether (sulfide) groups is 1. The third-order valence-electron chi connectivity index (χ3n) is 1.50. The van der Waals surface area contributed by atoms with E-state index in [2.05, 4.69) is 0 Å². The van der Waals surface area contributed by atoms with Gasteiger partial charge in [0, 0.05) is 4.90 Å². The van der Waals surface area contributed by atoms with Gasteiger partial charge in [-0.3, -0.25) is 4.79 Å². The Morgan fingerprint density at radius 2 is 1.69 bits per heavy atom. The summed E-state index contributed by atoms with van der Waals surface area (Å²) in [5.41, 5.74) is 0. The first-order chi connectivity index (χ1) is 7.25. The molecule has 0 amide bonds. The molecule has 1 rings (SSSR count). The second-order valence-electron chi connectivity index (χ2n) is 2.66. The van der Waals surface area contributed by atoms with Gasteiger partial charge in [0.15, 0.2) is 0 Å². The number of benzene rings is 1. The first-order valence-corrected chi connectivity index (χ1v) is 6.04. The van der Waals surface area contributed by atoms with Gasteiger partial charge in [-0.2, -0.15) is 17.2 Å². The number of alkyl halides is 2. The Balaban J connectivity index is 2.90. The zero-order chi connectivity index (χ0) is 12.4. The molecule has 0 radical (unpaired) electrons. The predicted molar refractivity (Wildman–Crippen MR) is 52.3 cm³/mol. The van der Waals surface area contributed by atoms with Gasteiger partial charge in [0.05, 0.1) is 0 Å². The summed E-state index contributed by atoms with van der Waals surface area (Å²) in [5, 5.41) is -7.09.